The van der Waals surface area contributed by atoms with E-state index in [-0.39, 0.29) is 6.42 Å². The Morgan fingerprint density at radius 1 is 1.36 bits per heavy atom. The highest BCUT2D eigenvalue weighted by atomic mass is 16.6. The highest BCUT2D eigenvalue weighted by Gasteiger charge is 2.15. The van der Waals surface area contributed by atoms with Gasteiger partial charge in [0.05, 0.1) is 6.42 Å². The molecule has 1 unspecified atom stereocenters. The summed E-state index contributed by atoms with van der Waals surface area (Å²) in [6.07, 6.45) is 0.135. The van der Waals surface area contributed by atoms with Crippen LogP contribution in [0.5, 0.6) is 0 Å². The number of ether oxygens (including phenoxy) is 2. The first-order chi connectivity index (χ1) is 6.63. The molecule has 80 valence electrons. The Balaban J connectivity index is 3.96. The smallest absolute Gasteiger partial charge is 0.332 e. The molecule has 0 rings (SSSR count). The lowest BCUT2D eigenvalue weighted by Crippen LogP contribution is -2.22. The molecule has 0 saturated carbocycles. The minimum absolute atomic E-state index is 0.240. The highest BCUT2D eigenvalue weighted by molar-refractivity contribution is 5.73. The molecule has 0 saturated heterocycles. The van der Waals surface area contributed by atoms with Gasteiger partial charge in [-0.3, -0.25) is 4.79 Å². The van der Waals surface area contributed by atoms with Gasteiger partial charge in [-0.05, 0) is 0 Å². The summed E-state index contributed by atoms with van der Waals surface area (Å²) in [4.78, 5) is 21.4. The van der Waals surface area contributed by atoms with Gasteiger partial charge in [0.25, 0.3) is 0 Å². The summed E-state index contributed by atoms with van der Waals surface area (Å²) in [5, 5.41) is 16.6. The average molecular weight is 204 g/mol. The van der Waals surface area contributed by atoms with Crippen LogP contribution in [-0.4, -0.2) is 41.7 Å². The number of esters is 2. The van der Waals surface area contributed by atoms with Gasteiger partial charge >= 0.3 is 11.9 Å². The van der Waals surface area contributed by atoms with Crippen molar-refractivity contribution < 1.29 is 29.3 Å². The quantitative estimate of drug-likeness (QED) is 0.326. The second kappa shape index (κ2) is 7.05. The standard InChI is InChI=1S/C8H12O6/c1-2-6(14-8(12)4-9)3-7(11)13-5-10/h2,6,9-10H,1,3-5H2. The molecule has 6 heteroatoms. The third-order valence-electron chi connectivity index (χ3n) is 1.27. The molecule has 0 aliphatic rings. The van der Waals surface area contributed by atoms with Crippen LogP contribution >= 0.6 is 0 Å². The maximum absolute atomic E-state index is 10.8. The van der Waals surface area contributed by atoms with Crippen molar-refractivity contribution in [1.82, 2.24) is 0 Å². The van der Waals surface area contributed by atoms with Gasteiger partial charge in [-0.1, -0.05) is 12.7 Å². The Kier molecular flexibility index (Phi) is 6.34. The third-order valence-corrected chi connectivity index (χ3v) is 1.27. The Morgan fingerprint density at radius 3 is 2.43 bits per heavy atom. The lowest BCUT2D eigenvalue weighted by atomic mass is 10.2. The van der Waals surface area contributed by atoms with Crippen LogP contribution < -0.4 is 0 Å². The normalized spacial score (nSPS) is 11.6. The van der Waals surface area contributed by atoms with Gasteiger partial charge in [-0.15, -0.1) is 0 Å². The number of carbonyl (C=O) groups excluding carboxylic acids is 2. The Morgan fingerprint density at radius 2 is 2.00 bits per heavy atom. The molecule has 1 atom stereocenters. The van der Waals surface area contributed by atoms with Crippen LogP contribution in [0.4, 0.5) is 0 Å². The van der Waals surface area contributed by atoms with Crippen LogP contribution in [0, 0.1) is 0 Å². The molecule has 6 nitrogen and oxygen atoms in total. The summed E-state index contributed by atoms with van der Waals surface area (Å²) in [5.41, 5.74) is 0. The van der Waals surface area contributed by atoms with Crippen molar-refractivity contribution in [2.75, 3.05) is 13.4 Å². The van der Waals surface area contributed by atoms with Crippen molar-refractivity contribution in [3.05, 3.63) is 12.7 Å². The summed E-state index contributed by atoms with van der Waals surface area (Å²) in [6.45, 7) is 1.84. The van der Waals surface area contributed by atoms with Gasteiger partial charge in [0.15, 0.2) is 6.79 Å². The summed E-state index contributed by atoms with van der Waals surface area (Å²) in [5.74, 6) is -1.57. The zero-order chi connectivity index (χ0) is 11.0. The van der Waals surface area contributed by atoms with E-state index < -0.39 is 31.4 Å². The zero-order valence-electron chi connectivity index (χ0n) is 7.51. The minimum atomic E-state index is -0.855. The Bertz CT molecular complexity index is 212. The predicted molar refractivity (Wildman–Crippen MR) is 45.0 cm³/mol. The van der Waals surface area contributed by atoms with E-state index in [1.165, 1.54) is 6.08 Å². The molecule has 0 spiro atoms. The summed E-state index contributed by atoms with van der Waals surface area (Å²) < 4.78 is 8.78. The number of carbonyl (C=O) groups is 2. The molecule has 0 aliphatic carbocycles. The molecule has 0 aromatic carbocycles. The number of rotatable bonds is 6. The topological polar surface area (TPSA) is 93.1 Å². The fraction of sp³-hybridized carbons (Fsp3) is 0.500. The number of hydrogen-bond acceptors (Lipinski definition) is 6. The van der Waals surface area contributed by atoms with E-state index in [4.69, 9.17) is 10.2 Å². The zero-order valence-corrected chi connectivity index (χ0v) is 7.51. The number of aliphatic hydroxyl groups excluding tert-OH is 2. The molecule has 0 aromatic heterocycles. The molecule has 0 radical (unpaired) electrons. The van der Waals surface area contributed by atoms with Crippen molar-refractivity contribution in [2.24, 2.45) is 0 Å². The third kappa shape index (κ3) is 5.28. The maximum atomic E-state index is 10.8. The fourth-order valence-corrected chi connectivity index (χ4v) is 0.674. The van der Waals surface area contributed by atoms with Crippen LogP contribution in [0.3, 0.4) is 0 Å². The second-order valence-electron chi connectivity index (χ2n) is 2.27. The maximum Gasteiger partial charge on any atom is 0.332 e. The van der Waals surface area contributed by atoms with Crippen LogP contribution in [0.2, 0.25) is 0 Å². The molecule has 0 amide bonds. The van der Waals surface area contributed by atoms with Gasteiger partial charge in [0.1, 0.15) is 12.7 Å². The molecule has 2 N–H and O–H groups in total. The Labute approximate surface area is 80.7 Å². The lowest BCUT2D eigenvalue weighted by Gasteiger charge is -2.11. The summed E-state index contributed by atoms with van der Waals surface area (Å²) >= 11 is 0. The molecule has 0 bridgehead atoms. The first-order valence-electron chi connectivity index (χ1n) is 3.83. The van der Waals surface area contributed by atoms with Crippen LogP contribution in [0.15, 0.2) is 12.7 Å². The van der Waals surface area contributed by atoms with Crippen molar-refractivity contribution in [3.8, 4) is 0 Å². The summed E-state index contributed by atoms with van der Waals surface area (Å²) in [7, 11) is 0. The van der Waals surface area contributed by atoms with E-state index in [2.05, 4.69) is 16.1 Å². The summed E-state index contributed by atoms with van der Waals surface area (Å²) in [6, 6.07) is 0. The molecule has 0 aromatic rings. The first kappa shape index (κ1) is 12.6. The average Bonchev–Trinajstić information content (AvgIpc) is 2.16. The highest BCUT2D eigenvalue weighted by Crippen LogP contribution is 2.02. The van der Waals surface area contributed by atoms with E-state index in [0.29, 0.717) is 0 Å². The van der Waals surface area contributed by atoms with Crippen molar-refractivity contribution in [1.29, 1.82) is 0 Å². The van der Waals surface area contributed by atoms with Gasteiger partial charge in [-0.25, -0.2) is 4.79 Å². The Hall–Kier alpha value is -1.40. The molecule has 0 fully saturated rings. The van der Waals surface area contributed by atoms with Gasteiger partial charge < -0.3 is 19.7 Å². The van der Waals surface area contributed by atoms with E-state index >= 15 is 0 Å². The van der Waals surface area contributed by atoms with Crippen LogP contribution in [0.25, 0.3) is 0 Å². The van der Waals surface area contributed by atoms with Gasteiger partial charge in [0.2, 0.25) is 0 Å². The van der Waals surface area contributed by atoms with Gasteiger partial charge in [-0.2, -0.15) is 0 Å². The van der Waals surface area contributed by atoms with Gasteiger partial charge in [0, 0.05) is 0 Å². The van der Waals surface area contributed by atoms with Crippen molar-refractivity contribution in [2.45, 2.75) is 12.5 Å². The van der Waals surface area contributed by atoms with E-state index in [9.17, 15) is 9.59 Å². The molecule has 0 heterocycles. The molecule has 14 heavy (non-hydrogen) atoms. The first-order valence-corrected chi connectivity index (χ1v) is 3.83. The number of hydrogen-bond donors (Lipinski definition) is 2. The fourth-order valence-electron chi connectivity index (χ4n) is 0.674. The molecule has 0 aliphatic heterocycles. The van der Waals surface area contributed by atoms with Crippen LogP contribution in [0.1, 0.15) is 6.42 Å². The van der Waals surface area contributed by atoms with Crippen molar-refractivity contribution >= 4 is 11.9 Å². The monoisotopic (exact) mass is 204 g/mol. The molecular weight excluding hydrogens is 192 g/mol. The second-order valence-corrected chi connectivity index (χ2v) is 2.27. The van der Waals surface area contributed by atoms with Crippen molar-refractivity contribution in [3.63, 3.8) is 0 Å². The van der Waals surface area contributed by atoms with Crippen LogP contribution in [-0.2, 0) is 19.1 Å². The lowest BCUT2D eigenvalue weighted by molar-refractivity contribution is -0.158. The SMILES string of the molecule is C=CC(CC(=O)OCO)OC(=O)CO. The number of aliphatic hydroxyl groups is 2. The largest absolute Gasteiger partial charge is 0.456 e. The predicted octanol–water partition coefficient (Wildman–Crippen LogP) is -1.04. The minimum Gasteiger partial charge on any atom is -0.456 e. The van der Waals surface area contributed by atoms with E-state index in [0.717, 1.165) is 0 Å². The van der Waals surface area contributed by atoms with E-state index in [1.807, 2.05) is 0 Å². The molecular formula is C8H12O6. The van der Waals surface area contributed by atoms with E-state index in [1.54, 1.807) is 0 Å².